The Kier molecular flexibility index (Phi) is 6.35. The molecule has 0 radical (unpaired) electrons. The number of carbonyl (C=O) groups is 1. The minimum Gasteiger partial charge on any atom is -0.426 e. The van der Waals surface area contributed by atoms with E-state index in [4.69, 9.17) is 17.3 Å². The van der Waals surface area contributed by atoms with E-state index < -0.39 is 24.5 Å². The highest BCUT2D eigenvalue weighted by molar-refractivity contribution is 6.31. The fourth-order valence-corrected chi connectivity index (χ4v) is 2.79. The van der Waals surface area contributed by atoms with Gasteiger partial charge in [0.1, 0.15) is 0 Å². The van der Waals surface area contributed by atoms with Crippen molar-refractivity contribution in [2.75, 3.05) is 31.9 Å². The largest absolute Gasteiger partial charge is 0.434 e. The number of nitrogens with two attached hydrogens (primary N) is 1. The molecule has 0 atom stereocenters. The molecule has 0 aromatic heterocycles. The predicted molar refractivity (Wildman–Crippen MR) is 85.1 cm³/mol. The number of amides is 1. The Morgan fingerprint density at radius 2 is 1.67 bits per heavy atom. The SMILES string of the molecule is Nc1cccc(Cl)c1CN1CCN(C(=O)OC(C(F)(F)F)C(F)(F)F)CC1. The molecule has 0 aliphatic carbocycles. The number of nitrogen functional groups attached to an aromatic ring is 1. The number of hydrogen-bond acceptors (Lipinski definition) is 4. The first-order valence-corrected chi connectivity index (χ1v) is 8.11. The summed E-state index contributed by atoms with van der Waals surface area (Å²) < 4.78 is 78.5. The van der Waals surface area contributed by atoms with Gasteiger partial charge in [-0.1, -0.05) is 17.7 Å². The third-order valence-electron chi connectivity index (χ3n) is 3.98. The lowest BCUT2D eigenvalue weighted by Crippen LogP contribution is -2.52. The third-order valence-corrected chi connectivity index (χ3v) is 4.33. The van der Waals surface area contributed by atoms with Crippen LogP contribution in [0.3, 0.4) is 0 Å². The second-order valence-electron chi connectivity index (χ2n) is 5.92. The molecule has 1 saturated heterocycles. The maximum atomic E-state index is 12.5. The summed E-state index contributed by atoms with van der Waals surface area (Å²) >= 11 is 6.07. The van der Waals surface area contributed by atoms with Gasteiger partial charge in [0.15, 0.2) is 0 Å². The van der Waals surface area contributed by atoms with Crippen molar-refractivity contribution < 1.29 is 35.9 Å². The quantitative estimate of drug-likeness (QED) is 0.600. The van der Waals surface area contributed by atoms with E-state index in [2.05, 4.69) is 4.74 Å². The molecule has 1 amide bonds. The van der Waals surface area contributed by atoms with E-state index in [1.54, 1.807) is 18.2 Å². The Morgan fingerprint density at radius 3 is 2.15 bits per heavy atom. The van der Waals surface area contributed by atoms with Gasteiger partial charge >= 0.3 is 18.4 Å². The van der Waals surface area contributed by atoms with E-state index >= 15 is 0 Å². The molecule has 27 heavy (non-hydrogen) atoms. The molecule has 1 fully saturated rings. The van der Waals surface area contributed by atoms with Crippen LogP contribution in [-0.4, -0.2) is 60.5 Å². The molecule has 5 nitrogen and oxygen atoms in total. The molecule has 12 heteroatoms. The standard InChI is InChI=1S/C15H16ClF6N3O2/c16-10-2-1-3-11(23)9(10)8-24-4-6-25(7-5-24)13(26)27-12(14(17,18)19)15(20,21)22/h1-3,12H,4-8,23H2. The maximum absolute atomic E-state index is 12.5. The lowest BCUT2D eigenvalue weighted by atomic mass is 10.1. The fraction of sp³-hybridized carbons (Fsp3) is 0.533. The summed E-state index contributed by atoms with van der Waals surface area (Å²) in [5.74, 6) is 0. The minimum atomic E-state index is -5.74. The monoisotopic (exact) mass is 419 g/mol. The molecule has 1 aromatic carbocycles. The van der Waals surface area contributed by atoms with Crippen LogP contribution in [0.5, 0.6) is 0 Å². The predicted octanol–water partition coefficient (Wildman–Crippen LogP) is 3.67. The molecule has 2 N–H and O–H groups in total. The molecule has 1 heterocycles. The topological polar surface area (TPSA) is 58.8 Å². The van der Waals surface area contributed by atoms with Crippen molar-refractivity contribution in [3.8, 4) is 0 Å². The minimum absolute atomic E-state index is 0.0916. The Bertz CT molecular complexity index is 640. The lowest BCUT2D eigenvalue weighted by molar-refractivity contribution is -0.308. The van der Waals surface area contributed by atoms with Crippen LogP contribution in [0, 0.1) is 0 Å². The zero-order valence-corrected chi connectivity index (χ0v) is 14.5. The molecule has 0 unspecified atom stereocenters. The van der Waals surface area contributed by atoms with Crippen LogP contribution < -0.4 is 5.73 Å². The number of ether oxygens (including phenoxy) is 1. The van der Waals surface area contributed by atoms with Gasteiger partial charge in [-0.05, 0) is 12.1 Å². The number of piperazine rings is 1. The van der Waals surface area contributed by atoms with Crippen molar-refractivity contribution >= 4 is 23.4 Å². The fourth-order valence-electron chi connectivity index (χ4n) is 2.55. The second kappa shape index (κ2) is 8.01. The highest BCUT2D eigenvalue weighted by Gasteiger charge is 2.60. The highest BCUT2D eigenvalue weighted by Crippen LogP contribution is 2.36. The number of rotatable bonds is 3. The summed E-state index contributed by atoms with van der Waals surface area (Å²) in [4.78, 5) is 14.3. The van der Waals surface area contributed by atoms with Crippen molar-refractivity contribution in [1.29, 1.82) is 0 Å². The maximum Gasteiger partial charge on any atom is 0.434 e. The van der Waals surface area contributed by atoms with Gasteiger partial charge in [0, 0.05) is 49.0 Å². The van der Waals surface area contributed by atoms with Crippen molar-refractivity contribution in [2.45, 2.75) is 25.0 Å². The van der Waals surface area contributed by atoms with Gasteiger partial charge in [0.25, 0.3) is 6.10 Å². The number of hydrogen-bond donors (Lipinski definition) is 1. The zero-order chi connectivity index (χ0) is 20.4. The Labute approximate surface area is 155 Å². The molecule has 152 valence electrons. The van der Waals surface area contributed by atoms with E-state index in [-0.39, 0.29) is 26.2 Å². The molecule has 1 aliphatic heterocycles. The highest BCUT2D eigenvalue weighted by atomic mass is 35.5. The van der Waals surface area contributed by atoms with Gasteiger partial charge in [-0.15, -0.1) is 0 Å². The van der Waals surface area contributed by atoms with Crippen LogP contribution in [0.2, 0.25) is 5.02 Å². The Balaban J connectivity index is 1.94. The first-order valence-electron chi connectivity index (χ1n) is 7.74. The van der Waals surface area contributed by atoms with Gasteiger partial charge in [0.05, 0.1) is 0 Å². The molecule has 0 spiro atoms. The van der Waals surface area contributed by atoms with Crippen LogP contribution in [0.25, 0.3) is 0 Å². The van der Waals surface area contributed by atoms with Crippen molar-refractivity contribution in [3.05, 3.63) is 28.8 Å². The van der Waals surface area contributed by atoms with Crippen LogP contribution >= 0.6 is 11.6 Å². The molecule has 1 aromatic rings. The summed E-state index contributed by atoms with van der Waals surface area (Å²) in [7, 11) is 0. The third kappa shape index (κ3) is 5.55. The van der Waals surface area contributed by atoms with Crippen LogP contribution in [-0.2, 0) is 11.3 Å². The van der Waals surface area contributed by atoms with Crippen molar-refractivity contribution in [3.63, 3.8) is 0 Å². The van der Waals surface area contributed by atoms with Crippen molar-refractivity contribution in [2.24, 2.45) is 0 Å². The summed E-state index contributed by atoms with van der Waals surface area (Å²) in [5, 5.41) is 0.440. The smallest absolute Gasteiger partial charge is 0.426 e. The number of carbonyl (C=O) groups excluding carboxylic acids is 1. The zero-order valence-electron chi connectivity index (χ0n) is 13.8. The number of anilines is 1. The Morgan fingerprint density at radius 1 is 1.11 bits per heavy atom. The van der Waals surface area contributed by atoms with E-state index in [1.165, 1.54) is 0 Å². The lowest BCUT2D eigenvalue weighted by Gasteiger charge is -2.35. The van der Waals surface area contributed by atoms with Gasteiger partial charge in [-0.25, -0.2) is 4.79 Å². The molecule has 2 rings (SSSR count). The molecule has 0 bridgehead atoms. The van der Waals surface area contributed by atoms with Gasteiger partial charge in [-0.3, -0.25) is 4.90 Å². The summed E-state index contributed by atoms with van der Waals surface area (Å²) in [5.41, 5.74) is 6.96. The first-order chi connectivity index (χ1) is 12.4. The first kappa shape index (κ1) is 21.4. The summed E-state index contributed by atoms with van der Waals surface area (Å²) in [6.07, 6.45) is -17.3. The number of benzene rings is 1. The average molecular weight is 420 g/mol. The summed E-state index contributed by atoms with van der Waals surface area (Å²) in [6.45, 7) is 0.574. The molecular formula is C15H16ClF6N3O2. The second-order valence-corrected chi connectivity index (χ2v) is 6.33. The van der Waals surface area contributed by atoms with Gasteiger partial charge < -0.3 is 15.4 Å². The van der Waals surface area contributed by atoms with E-state index in [1.807, 2.05) is 4.90 Å². The van der Waals surface area contributed by atoms with Crippen LogP contribution in [0.1, 0.15) is 5.56 Å². The van der Waals surface area contributed by atoms with E-state index in [9.17, 15) is 31.1 Å². The average Bonchev–Trinajstić information content (AvgIpc) is 2.54. The normalized spacial score (nSPS) is 16.7. The molecule has 0 saturated carbocycles. The van der Waals surface area contributed by atoms with Crippen molar-refractivity contribution in [1.82, 2.24) is 9.80 Å². The van der Waals surface area contributed by atoms with Gasteiger partial charge in [0.2, 0.25) is 0 Å². The number of alkyl halides is 6. The number of nitrogens with zero attached hydrogens (tertiary/aromatic N) is 2. The summed E-state index contributed by atoms with van der Waals surface area (Å²) in [6, 6.07) is 4.98. The molecular weight excluding hydrogens is 404 g/mol. The van der Waals surface area contributed by atoms with Gasteiger partial charge in [-0.2, -0.15) is 26.3 Å². The number of halogens is 7. The molecule has 1 aliphatic rings. The van der Waals surface area contributed by atoms with E-state index in [0.29, 0.717) is 22.8 Å². The Hall–Kier alpha value is -1.88. The van der Waals surface area contributed by atoms with Crippen LogP contribution in [0.15, 0.2) is 18.2 Å². The van der Waals surface area contributed by atoms with E-state index in [0.717, 1.165) is 4.90 Å². The van der Waals surface area contributed by atoms with Crippen LogP contribution in [0.4, 0.5) is 36.8 Å².